The second kappa shape index (κ2) is 10.1. The number of fused-ring (bicyclic) bond motifs is 2. The maximum Gasteiger partial charge on any atom is 0.216 e. The van der Waals surface area contributed by atoms with Gasteiger partial charge in [-0.1, -0.05) is 26.0 Å². The molecule has 0 aliphatic carbocycles. The molecular weight excluding hydrogens is 459 g/mol. The lowest BCUT2D eigenvalue weighted by Gasteiger charge is -2.24. The summed E-state index contributed by atoms with van der Waals surface area (Å²) in [5, 5.41) is 7.04. The number of nitrogens with zero attached hydrogens (tertiary/aromatic N) is 3. The Morgan fingerprint density at radius 1 is 1.25 bits per heavy atom. The maximum atomic E-state index is 14.2. The highest BCUT2D eigenvalue weighted by Crippen LogP contribution is 2.34. The minimum Gasteiger partial charge on any atom is -0.497 e. The third-order valence-corrected chi connectivity index (χ3v) is 7.15. The van der Waals surface area contributed by atoms with Crippen LogP contribution in [0.2, 0.25) is 0 Å². The van der Waals surface area contributed by atoms with Crippen molar-refractivity contribution < 1.29 is 18.7 Å². The molecule has 7 nitrogen and oxygen atoms in total. The molecule has 0 saturated carbocycles. The molecule has 0 amide bonds. The Kier molecular flexibility index (Phi) is 6.78. The highest BCUT2D eigenvalue weighted by atomic mass is 19.1. The van der Waals surface area contributed by atoms with Gasteiger partial charge in [-0.25, -0.2) is 0 Å². The van der Waals surface area contributed by atoms with E-state index >= 15 is 0 Å². The molecule has 2 aromatic heterocycles. The summed E-state index contributed by atoms with van der Waals surface area (Å²) in [4.78, 5) is 16.1. The molecule has 1 aliphatic heterocycles. The van der Waals surface area contributed by atoms with Crippen molar-refractivity contribution in [3.05, 3.63) is 65.9 Å². The zero-order valence-electron chi connectivity index (χ0n) is 20.9. The molecular formula is C28H31FN4O3. The number of carbonyl (C=O) groups is 1. The van der Waals surface area contributed by atoms with E-state index in [9.17, 15) is 9.18 Å². The van der Waals surface area contributed by atoms with Gasteiger partial charge in [0.15, 0.2) is 5.78 Å². The molecule has 36 heavy (non-hydrogen) atoms. The molecule has 0 saturated heterocycles. The number of hydrogen-bond acceptors (Lipinski definition) is 5. The van der Waals surface area contributed by atoms with Crippen LogP contribution < -0.4 is 9.47 Å². The highest BCUT2D eigenvalue weighted by Gasteiger charge is 2.29. The molecule has 1 N–H and O–H groups in total. The lowest BCUT2D eigenvalue weighted by atomic mass is 9.89. The van der Waals surface area contributed by atoms with E-state index in [1.165, 1.54) is 6.20 Å². The summed E-state index contributed by atoms with van der Waals surface area (Å²) in [6, 6.07) is 11.4. The van der Waals surface area contributed by atoms with E-state index in [4.69, 9.17) is 9.47 Å². The van der Waals surface area contributed by atoms with Crippen LogP contribution in [0.4, 0.5) is 4.39 Å². The van der Waals surface area contributed by atoms with E-state index in [0.29, 0.717) is 24.2 Å². The van der Waals surface area contributed by atoms with Crippen molar-refractivity contribution in [2.24, 2.45) is 5.92 Å². The average molecular weight is 491 g/mol. The van der Waals surface area contributed by atoms with Crippen LogP contribution in [0.25, 0.3) is 22.0 Å². The molecule has 0 fully saturated rings. The molecule has 2 aromatic carbocycles. The van der Waals surface area contributed by atoms with Crippen LogP contribution in [0.15, 0.2) is 48.8 Å². The van der Waals surface area contributed by atoms with Gasteiger partial charge in [0.05, 0.1) is 31.4 Å². The second-order valence-corrected chi connectivity index (χ2v) is 9.14. The Balaban J connectivity index is 1.51. The smallest absolute Gasteiger partial charge is 0.216 e. The Hall–Kier alpha value is -3.65. The summed E-state index contributed by atoms with van der Waals surface area (Å²) < 4.78 is 27.6. The fourth-order valence-electron chi connectivity index (χ4n) is 4.99. The monoisotopic (exact) mass is 490 g/mol. The van der Waals surface area contributed by atoms with Crippen molar-refractivity contribution in [3.63, 3.8) is 0 Å². The molecule has 4 aromatic rings. The summed E-state index contributed by atoms with van der Waals surface area (Å²) >= 11 is 0. The first-order valence-corrected chi connectivity index (χ1v) is 12.4. The molecule has 0 radical (unpaired) electrons. The lowest BCUT2D eigenvalue weighted by molar-refractivity contribution is 0.0856. The number of carbonyl (C=O) groups excluding carboxylic acids is 1. The maximum absolute atomic E-state index is 14.2. The van der Waals surface area contributed by atoms with Crippen molar-refractivity contribution in [2.75, 3.05) is 33.4 Å². The average Bonchev–Trinajstić information content (AvgIpc) is 3.51. The molecule has 1 unspecified atom stereocenters. The standard InChI is InChI=1S/C28H31FN4O3/c1-4-32(5-2)10-11-33-16-24(22-8-6-18(14-25(22)33)23-15-30-31-28(23)29)27(34)20-12-19-13-21(35-3)7-9-26(19)36-17-20/h6-9,13-16,20H,4-5,10-12,17H2,1-3H3,(H,30,31). The van der Waals surface area contributed by atoms with Crippen LogP contribution in [0.5, 0.6) is 11.5 Å². The molecule has 1 aliphatic rings. The fourth-order valence-corrected chi connectivity index (χ4v) is 4.99. The second-order valence-electron chi connectivity index (χ2n) is 9.14. The molecule has 8 heteroatoms. The molecule has 3 heterocycles. The summed E-state index contributed by atoms with van der Waals surface area (Å²) in [5.41, 5.74) is 3.68. The Morgan fingerprint density at radius 2 is 2.08 bits per heavy atom. The van der Waals surface area contributed by atoms with Crippen LogP contribution in [0.1, 0.15) is 29.8 Å². The number of aromatic amines is 1. The highest BCUT2D eigenvalue weighted by molar-refractivity contribution is 6.10. The van der Waals surface area contributed by atoms with Gasteiger partial charge in [-0.05, 0) is 54.9 Å². The predicted molar refractivity (Wildman–Crippen MR) is 137 cm³/mol. The van der Waals surface area contributed by atoms with Gasteiger partial charge in [-0.3, -0.25) is 9.89 Å². The van der Waals surface area contributed by atoms with Gasteiger partial charge in [-0.2, -0.15) is 9.49 Å². The topological polar surface area (TPSA) is 72.4 Å². The Labute approximate surface area is 209 Å². The van der Waals surface area contributed by atoms with Gasteiger partial charge >= 0.3 is 0 Å². The summed E-state index contributed by atoms with van der Waals surface area (Å²) in [7, 11) is 1.63. The van der Waals surface area contributed by atoms with E-state index in [0.717, 1.165) is 59.7 Å². The SMILES string of the molecule is CCN(CC)CCn1cc(C(=O)C2COc3ccc(OC)cc3C2)c2ccc(-c3cn[nH]c3F)cc21. The van der Waals surface area contributed by atoms with E-state index in [1.54, 1.807) is 7.11 Å². The van der Waals surface area contributed by atoms with Gasteiger partial charge in [-0.15, -0.1) is 0 Å². The van der Waals surface area contributed by atoms with E-state index < -0.39 is 5.95 Å². The van der Waals surface area contributed by atoms with Crippen molar-refractivity contribution >= 4 is 16.7 Å². The van der Waals surface area contributed by atoms with Crippen molar-refractivity contribution in [2.45, 2.75) is 26.8 Å². The number of likely N-dealkylation sites (N-methyl/N-ethyl adjacent to an activating group) is 1. The third kappa shape index (κ3) is 4.48. The number of H-pyrrole nitrogens is 1. The number of aromatic nitrogens is 3. The number of methoxy groups -OCH3 is 1. The minimum absolute atomic E-state index is 0.0531. The summed E-state index contributed by atoms with van der Waals surface area (Å²) in [6.07, 6.45) is 4.03. The quantitative estimate of drug-likeness (QED) is 0.336. The molecule has 1 atom stereocenters. The number of ether oxygens (including phenoxy) is 2. The molecule has 0 bridgehead atoms. The first-order chi connectivity index (χ1) is 17.5. The lowest BCUT2D eigenvalue weighted by Crippen LogP contribution is -2.28. The number of halogens is 1. The van der Waals surface area contributed by atoms with Crippen molar-refractivity contribution in [1.82, 2.24) is 19.7 Å². The number of benzene rings is 2. The van der Waals surface area contributed by atoms with E-state index in [-0.39, 0.29) is 11.7 Å². The molecule has 0 spiro atoms. The number of rotatable bonds is 9. The predicted octanol–water partition coefficient (Wildman–Crippen LogP) is 4.95. The van der Waals surface area contributed by atoms with Gasteiger partial charge in [0, 0.05) is 35.8 Å². The van der Waals surface area contributed by atoms with Gasteiger partial charge in [0.2, 0.25) is 5.95 Å². The zero-order valence-corrected chi connectivity index (χ0v) is 20.9. The zero-order chi connectivity index (χ0) is 25.2. The summed E-state index contributed by atoms with van der Waals surface area (Å²) in [6.45, 7) is 8.11. The van der Waals surface area contributed by atoms with Crippen molar-refractivity contribution in [3.8, 4) is 22.6 Å². The number of ketones is 1. The van der Waals surface area contributed by atoms with Crippen LogP contribution in [0, 0.1) is 11.9 Å². The van der Waals surface area contributed by atoms with E-state index in [1.807, 2.05) is 42.6 Å². The largest absolute Gasteiger partial charge is 0.497 e. The fraction of sp³-hybridized carbons (Fsp3) is 0.357. The normalized spacial score (nSPS) is 15.2. The van der Waals surface area contributed by atoms with Gasteiger partial charge in [0.1, 0.15) is 11.5 Å². The number of Topliss-reactive ketones (excluding diaryl/α,β-unsaturated/α-hetero) is 1. The van der Waals surface area contributed by atoms with Gasteiger partial charge < -0.3 is 18.9 Å². The molecule has 5 rings (SSSR count). The third-order valence-electron chi connectivity index (χ3n) is 7.15. The van der Waals surface area contributed by atoms with E-state index in [2.05, 4.69) is 33.5 Å². The van der Waals surface area contributed by atoms with Crippen molar-refractivity contribution in [1.29, 1.82) is 0 Å². The first-order valence-electron chi connectivity index (χ1n) is 12.4. The Morgan fingerprint density at radius 3 is 2.81 bits per heavy atom. The van der Waals surface area contributed by atoms with Crippen LogP contribution in [-0.2, 0) is 13.0 Å². The van der Waals surface area contributed by atoms with Crippen LogP contribution in [-0.4, -0.2) is 58.8 Å². The molecule has 188 valence electrons. The van der Waals surface area contributed by atoms with Crippen LogP contribution >= 0.6 is 0 Å². The number of hydrogen-bond donors (Lipinski definition) is 1. The minimum atomic E-state index is -0.472. The number of nitrogens with one attached hydrogen (secondary N) is 1. The Bertz CT molecular complexity index is 1390. The first kappa shape index (κ1) is 24.1. The van der Waals surface area contributed by atoms with Gasteiger partial charge in [0.25, 0.3) is 0 Å². The van der Waals surface area contributed by atoms with Crippen LogP contribution in [0.3, 0.4) is 0 Å². The summed E-state index contributed by atoms with van der Waals surface area (Å²) in [5.74, 6) is 0.834.